The van der Waals surface area contributed by atoms with E-state index in [4.69, 9.17) is 0 Å². The zero-order chi connectivity index (χ0) is 11.7. The van der Waals surface area contributed by atoms with Crippen LogP contribution in [0.4, 0.5) is 10.2 Å². The summed E-state index contributed by atoms with van der Waals surface area (Å²) in [5.41, 5.74) is 1.43. The van der Waals surface area contributed by atoms with Crippen LogP contribution >= 0.6 is 0 Å². The maximum absolute atomic E-state index is 13.1. The second-order valence-electron chi connectivity index (χ2n) is 4.23. The standard InChI is InChI=1S/C13H12FN3/c14-10-3-1-2-9(8-10)12-6-7-13(17-16-12)15-11-4-5-11/h1-3,6-8,11H,4-5H2,(H,15,17). The fraction of sp³-hybridized carbons (Fsp3) is 0.231. The van der Waals surface area contributed by atoms with Gasteiger partial charge in [0.05, 0.1) is 5.69 Å². The summed E-state index contributed by atoms with van der Waals surface area (Å²) < 4.78 is 13.1. The van der Waals surface area contributed by atoms with Crippen molar-refractivity contribution in [1.29, 1.82) is 0 Å². The summed E-state index contributed by atoms with van der Waals surface area (Å²) in [5.74, 6) is 0.525. The highest BCUT2D eigenvalue weighted by atomic mass is 19.1. The van der Waals surface area contributed by atoms with Crippen molar-refractivity contribution in [2.45, 2.75) is 18.9 Å². The molecule has 86 valence electrons. The fourth-order valence-electron chi connectivity index (χ4n) is 1.65. The van der Waals surface area contributed by atoms with Gasteiger partial charge in [0, 0.05) is 11.6 Å². The van der Waals surface area contributed by atoms with E-state index in [1.165, 1.54) is 25.0 Å². The van der Waals surface area contributed by atoms with Crippen LogP contribution in [0.25, 0.3) is 11.3 Å². The van der Waals surface area contributed by atoms with E-state index < -0.39 is 0 Å². The molecule has 0 spiro atoms. The lowest BCUT2D eigenvalue weighted by Gasteiger charge is -2.04. The average molecular weight is 229 g/mol. The van der Waals surface area contributed by atoms with Gasteiger partial charge >= 0.3 is 0 Å². The van der Waals surface area contributed by atoms with Gasteiger partial charge in [0.2, 0.25) is 0 Å². The fourth-order valence-corrected chi connectivity index (χ4v) is 1.65. The number of hydrogen-bond donors (Lipinski definition) is 1. The Bertz CT molecular complexity index is 520. The van der Waals surface area contributed by atoms with E-state index in [9.17, 15) is 4.39 Å². The van der Waals surface area contributed by atoms with Crippen LogP contribution in [-0.4, -0.2) is 16.2 Å². The van der Waals surface area contributed by atoms with E-state index in [0.29, 0.717) is 11.7 Å². The minimum atomic E-state index is -0.260. The van der Waals surface area contributed by atoms with E-state index in [2.05, 4.69) is 15.5 Å². The Morgan fingerprint density at radius 1 is 1.12 bits per heavy atom. The first-order valence-corrected chi connectivity index (χ1v) is 5.67. The third-order valence-corrected chi connectivity index (χ3v) is 2.71. The largest absolute Gasteiger partial charge is 0.366 e. The normalized spacial score (nSPS) is 14.6. The summed E-state index contributed by atoms with van der Waals surface area (Å²) in [6.07, 6.45) is 2.40. The number of nitrogens with one attached hydrogen (secondary N) is 1. The van der Waals surface area contributed by atoms with Crippen molar-refractivity contribution in [3.8, 4) is 11.3 Å². The quantitative estimate of drug-likeness (QED) is 0.879. The Hall–Kier alpha value is -1.97. The molecule has 0 unspecified atom stereocenters. The third kappa shape index (κ3) is 2.41. The number of aromatic nitrogens is 2. The summed E-state index contributed by atoms with van der Waals surface area (Å²) >= 11 is 0. The van der Waals surface area contributed by atoms with Crippen LogP contribution in [0.15, 0.2) is 36.4 Å². The molecule has 0 saturated heterocycles. The van der Waals surface area contributed by atoms with Crippen molar-refractivity contribution in [1.82, 2.24) is 10.2 Å². The summed E-state index contributed by atoms with van der Waals surface area (Å²) in [7, 11) is 0. The molecule has 4 heteroatoms. The Morgan fingerprint density at radius 3 is 2.65 bits per heavy atom. The second-order valence-corrected chi connectivity index (χ2v) is 4.23. The smallest absolute Gasteiger partial charge is 0.148 e. The molecule has 17 heavy (non-hydrogen) atoms. The van der Waals surface area contributed by atoms with Crippen molar-refractivity contribution >= 4 is 5.82 Å². The lowest BCUT2D eigenvalue weighted by Crippen LogP contribution is -2.03. The van der Waals surface area contributed by atoms with Gasteiger partial charge in [0.1, 0.15) is 11.6 Å². The Morgan fingerprint density at radius 2 is 2.00 bits per heavy atom. The average Bonchev–Trinajstić information content (AvgIpc) is 3.14. The molecule has 1 heterocycles. The zero-order valence-corrected chi connectivity index (χ0v) is 9.23. The number of benzene rings is 1. The van der Waals surface area contributed by atoms with Crippen LogP contribution in [-0.2, 0) is 0 Å². The Balaban J connectivity index is 1.83. The lowest BCUT2D eigenvalue weighted by atomic mass is 10.1. The lowest BCUT2D eigenvalue weighted by molar-refractivity contribution is 0.628. The first kappa shape index (κ1) is 10.2. The predicted octanol–water partition coefficient (Wildman–Crippen LogP) is 2.86. The monoisotopic (exact) mass is 229 g/mol. The minimum Gasteiger partial charge on any atom is -0.366 e. The summed E-state index contributed by atoms with van der Waals surface area (Å²) in [5, 5.41) is 11.4. The van der Waals surface area contributed by atoms with Crippen LogP contribution in [0, 0.1) is 5.82 Å². The molecule has 0 amide bonds. The van der Waals surface area contributed by atoms with Gasteiger partial charge in [-0.05, 0) is 37.1 Å². The molecule has 2 aromatic rings. The van der Waals surface area contributed by atoms with E-state index in [-0.39, 0.29) is 5.82 Å². The van der Waals surface area contributed by atoms with Crippen LogP contribution in [0.5, 0.6) is 0 Å². The maximum Gasteiger partial charge on any atom is 0.148 e. The molecule has 1 fully saturated rings. The van der Waals surface area contributed by atoms with Gasteiger partial charge in [-0.15, -0.1) is 10.2 Å². The number of nitrogens with zero attached hydrogens (tertiary/aromatic N) is 2. The molecular weight excluding hydrogens is 217 g/mol. The van der Waals surface area contributed by atoms with Gasteiger partial charge < -0.3 is 5.32 Å². The molecule has 3 rings (SSSR count). The van der Waals surface area contributed by atoms with Crippen molar-refractivity contribution in [3.63, 3.8) is 0 Å². The van der Waals surface area contributed by atoms with Gasteiger partial charge in [-0.25, -0.2) is 4.39 Å². The molecule has 0 radical (unpaired) electrons. The zero-order valence-electron chi connectivity index (χ0n) is 9.23. The molecule has 1 aliphatic carbocycles. The molecule has 0 atom stereocenters. The number of halogens is 1. The molecule has 1 N–H and O–H groups in total. The maximum atomic E-state index is 13.1. The van der Waals surface area contributed by atoms with Gasteiger partial charge in [-0.3, -0.25) is 0 Å². The first-order chi connectivity index (χ1) is 8.31. The molecule has 3 nitrogen and oxygen atoms in total. The summed E-state index contributed by atoms with van der Waals surface area (Å²) in [4.78, 5) is 0. The molecule has 1 aromatic carbocycles. The van der Waals surface area contributed by atoms with Crippen LogP contribution < -0.4 is 5.32 Å². The highest BCUT2D eigenvalue weighted by Crippen LogP contribution is 2.24. The Labute approximate surface area is 98.7 Å². The molecule has 1 saturated carbocycles. The number of hydrogen-bond acceptors (Lipinski definition) is 3. The topological polar surface area (TPSA) is 37.8 Å². The molecule has 1 aromatic heterocycles. The van der Waals surface area contributed by atoms with Crippen molar-refractivity contribution < 1.29 is 4.39 Å². The van der Waals surface area contributed by atoms with Gasteiger partial charge in [0.15, 0.2) is 0 Å². The van der Waals surface area contributed by atoms with Crippen LogP contribution in [0.1, 0.15) is 12.8 Å². The van der Waals surface area contributed by atoms with Crippen LogP contribution in [0.2, 0.25) is 0 Å². The molecule has 0 bridgehead atoms. The van der Waals surface area contributed by atoms with E-state index in [1.807, 2.05) is 18.2 Å². The molecule has 0 aliphatic heterocycles. The Kier molecular flexibility index (Phi) is 2.48. The third-order valence-electron chi connectivity index (χ3n) is 2.71. The number of rotatable bonds is 3. The number of anilines is 1. The SMILES string of the molecule is Fc1cccc(-c2ccc(NC3CC3)nn2)c1. The molecule has 1 aliphatic rings. The highest BCUT2D eigenvalue weighted by Gasteiger charge is 2.21. The van der Waals surface area contributed by atoms with Gasteiger partial charge in [-0.1, -0.05) is 12.1 Å². The minimum absolute atomic E-state index is 0.260. The van der Waals surface area contributed by atoms with E-state index >= 15 is 0 Å². The molecular formula is C13H12FN3. The summed E-state index contributed by atoms with van der Waals surface area (Å²) in [6.45, 7) is 0. The van der Waals surface area contributed by atoms with E-state index in [1.54, 1.807) is 6.07 Å². The van der Waals surface area contributed by atoms with Gasteiger partial charge in [-0.2, -0.15) is 0 Å². The second kappa shape index (κ2) is 4.13. The van der Waals surface area contributed by atoms with Crippen molar-refractivity contribution in [3.05, 3.63) is 42.2 Å². The van der Waals surface area contributed by atoms with E-state index in [0.717, 1.165) is 11.4 Å². The predicted molar refractivity (Wildman–Crippen MR) is 64.1 cm³/mol. The van der Waals surface area contributed by atoms with Crippen LogP contribution in [0.3, 0.4) is 0 Å². The highest BCUT2D eigenvalue weighted by molar-refractivity contribution is 5.59. The van der Waals surface area contributed by atoms with Gasteiger partial charge in [0.25, 0.3) is 0 Å². The van der Waals surface area contributed by atoms with Crippen molar-refractivity contribution in [2.24, 2.45) is 0 Å². The first-order valence-electron chi connectivity index (χ1n) is 5.67. The summed E-state index contributed by atoms with van der Waals surface area (Å²) in [6, 6.07) is 10.7. The van der Waals surface area contributed by atoms with Crippen molar-refractivity contribution in [2.75, 3.05) is 5.32 Å².